The summed E-state index contributed by atoms with van der Waals surface area (Å²) < 4.78 is 0. The van der Waals surface area contributed by atoms with Crippen LogP contribution in [0.1, 0.15) is 29.3 Å². The van der Waals surface area contributed by atoms with E-state index < -0.39 is 29.8 Å². The van der Waals surface area contributed by atoms with E-state index in [0.717, 1.165) is 0 Å². The predicted octanol–water partition coefficient (Wildman–Crippen LogP) is -4.14. The third kappa shape index (κ3) is 2.77. The minimum Gasteiger partial charge on any atom is -0.543 e. The molecule has 0 spiro atoms. The van der Waals surface area contributed by atoms with Gasteiger partial charge in [0.05, 0.1) is 29.7 Å². The van der Waals surface area contributed by atoms with E-state index >= 15 is 0 Å². The second-order valence-corrected chi connectivity index (χ2v) is 5.80. The van der Waals surface area contributed by atoms with E-state index in [2.05, 4.69) is 0 Å². The minimum absolute atomic E-state index is 0. The quantitative estimate of drug-likeness (QED) is 0.426. The van der Waals surface area contributed by atoms with Gasteiger partial charge >= 0.3 is 29.6 Å². The molecule has 1 saturated heterocycles. The van der Waals surface area contributed by atoms with Crippen molar-refractivity contribution in [3.63, 3.8) is 0 Å². The first kappa shape index (κ1) is 18.7. The van der Waals surface area contributed by atoms with E-state index in [0.29, 0.717) is 23.1 Å². The second kappa shape index (κ2) is 6.68. The molecule has 3 N–H and O–H groups in total. The summed E-state index contributed by atoms with van der Waals surface area (Å²) in [5.41, 5.74) is 6.37. The van der Waals surface area contributed by atoms with Gasteiger partial charge in [0.1, 0.15) is 0 Å². The van der Waals surface area contributed by atoms with E-state index in [1.165, 1.54) is 24.0 Å². The van der Waals surface area contributed by atoms with E-state index in [-0.39, 0.29) is 41.3 Å². The van der Waals surface area contributed by atoms with Gasteiger partial charge in [-0.05, 0) is 36.6 Å². The monoisotopic (exact) mass is 338 g/mol. The number of hydrogen-bond acceptors (Lipinski definition) is 5. The number of aliphatic carboxylic acids is 1. The molecular weight excluding hydrogens is 323 g/mol. The van der Waals surface area contributed by atoms with Crippen LogP contribution in [0.25, 0.3) is 5.57 Å². The Morgan fingerprint density at radius 2 is 1.92 bits per heavy atom. The molecule has 120 valence electrons. The van der Waals surface area contributed by atoms with Crippen molar-refractivity contribution in [1.29, 1.82) is 0 Å². The third-order valence-corrected chi connectivity index (χ3v) is 4.44. The van der Waals surface area contributed by atoms with Crippen LogP contribution in [0, 0.1) is 5.92 Å². The number of hydrogen-bond donors (Lipinski definition) is 2. The number of β-lactam (4-membered cyclic amide) rings is 1. The maximum absolute atomic E-state index is 12.1. The molecule has 2 heterocycles. The summed E-state index contributed by atoms with van der Waals surface area (Å²) in [7, 11) is 0. The molecule has 0 saturated carbocycles. The Kier molecular flexibility index (Phi) is 5.19. The van der Waals surface area contributed by atoms with Crippen molar-refractivity contribution >= 4 is 23.4 Å². The SMILES string of the molecule is CC(O)C1C(=O)N2C(C(=O)[O-])=C(c3ccc(C(N)=O)cc3)CC12.[Na+]. The largest absolute Gasteiger partial charge is 1.00 e. The molecule has 24 heavy (non-hydrogen) atoms. The van der Waals surface area contributed by atoms with Crippen molar-refractivity contribution in [2.24, 2.45) is 11.7 Å². The van der Waals surface area contributed by atoms with Gasteiger partial charge < -0.3 is 25.6 Å². The average molecular weight is 338 g/mol. The first-order valence-corrected chi connectivity index (χ1v) is 7.18. The predicted molar refractivity (Wildman–Crippen MR) is 77.3 cm³/mol. The standard InChI is InChI=1S/C16H16N2O5.Na/c1-7(19)12-11-6-10(13(16(22)23)18(11)15(12)21)8-2-4-9(5-3-8)14(17)20;/h2-5,7,11-12,19H,6H2,1H3,(H2,17,20)(H,22,23);/q;+1/p-1. The van der Waals surface area contributed by atoms with E-state index in [4.69, 9.17) is 5.73 Å². The molecule has 0 aliphatic carbocycles. The van der Waals surface area contributed by atoms with Crippen molar-refractivity contribution < 1.29 is 54.2 Å². The van der Waals surface area contributed by atoms with Gasteiger partial charge in [-0.2, -0.15) is 0 Å². The van der Waals surface area contributed by atoms with Gasteiger partial charge in [0.2, 0.25) is 11.8 Å². The van der Waals surface area contributed by atoms with Crippen LogP contribution >= 0.6 is 0 Å². The molecule has 2 aliphatic heterocycles. The van der Waals surface area contributed by atoms with Gasteiger partial charge in [-0.15, -0.1) is 0 Å². The molecular formula is C16H15N2NaO5. The molecule has 3 rings (SSSR count). The zero-order valence-corrected chi connectivity index (χ0v) is 15.4. The van der Waals surface area contributed by atoms with Crippen LogP contribution in [0.3, 0.4) is 0 Å². The zero-order chi connectivity index (χ0) is 16.9. The Hall–Kier alpha value is -1.67. The van der Waals surface area contributed by atoms with Crippen molar-refractivity contribution in [2.45, 2.75) is 25.5 Å². The van der Waals surface area contributed by atoms with Crippen molar-refractivity contribution in [2.75, 3.05) is 0 Å². The van der Waals surface area contributed by atoms with Crippen LogP contribution < -0.4 is 40.4 Å². The van der Waals surface area contributed by atoms with Crippen LogP contribution in [0.4, 0.5) is 0 Å². The second-order valence-electron chi connectivity index (χ2n) is 5.80. The average Bonchev–Trinajstić information content (AvgIpc) is 2.82. The fourth-order valence-electron chi connectivity index (χ4n) is 3.35. The molecule has 0 radical (unpaired) electrons. The van der Waals surface area contributed by atoms with Gasteiger partial charge in [0.15, 0.2) is 0 Å². The maximum atomic E-state index is 12.1. The van der Waals surface area contributed by atoms with Gasteiger partial charge in [-0.25, -0.2) is 0 Å². The van der Waals surface area contributed by atoms with Gasteiger partial charge in [0.25, 0.3) is 0 Å². The summed E-state index contributed by atoms with van der Waals surface area (Å²) in [6, 6.07) is 5.81. The topological polar surface area (TPSA) is 124 Å². The van der Waals surface area contributed by atoms with Crippen LogP contribution in [-0.2, 0) is 9.59 Å². The molecule has 2 amide bonds. The summed E-state index contributed by atoms with van der Waals surface area (Å²) in [5.74, 6) is -3.02. The van der Waals surface area contributed by atoms with E-state index in [9.17, 15) is 24.6 Å². The third-order valence-electron chi connectivity index (χ3n) is 4.44. The summed E-state index contributed by atoms with van der Waals surface area (Å²) in [4.78, 5) is 35.9. The Morgan fingerprint density at radius 3 is 2.38 bits per heavy atom. The molecule has 8 heteroatoms. The van der Waals surface area contributed by atoms with Crippen LogP contribution in [0.5, 0.6) is 0 Å². The van der Waals surface area contributed by atoms with Gasteiger partial charge in [-0.1, -0.05) is 12.1 Å². The number of nitrogens with two attached hydrogens (primary N) is 1. The molecule has 3 unspecified atom stereocenters. The van der Waals surface area contributed by atoms with E-state index in [1.54, 1.807) is 12.1 Å². The first-order chi connectivity index (χ1) is 10.8. The van der Waals surface area contributed by atoms with Gasteiger partial charge in [-0.3, -0.25) is 9.59 Å². The van der Waals surface area contributed by atoms with Crippen molar-refractivity contribution in [3.8, 4) is 0 Å². The Bertz CT molecular complexity index is 741. The van der Waals surface area contributed by atoms with Crippen LogP contribution in [-0.4, -0.2) is 39.9 Å². The number of aliphatic hydroxyl groups excluding tert-OH is 1. The van der Waals surface area contributed by atoms with Crippen LogP contribution in [0.2, 0.25) is 0 Å². The molecule has 2 aliphatic rings. The number of carbonyl (C=O) groups excluding carboxylic acids is 3. The molecule has 1 fully saturated rings. The Morgan fingerprint density at radius 1 is 1.33 bits per heavy atom. The number of fused-ring (bicyclic) bond motifs is 1. The molecule has 0 bridgehead atoms. The summed E-state index contributed by atoms with van der Waals surface area (Å²) in [6.45, 7) is 1.51. The summed E-state index contributed by atoms with van der Waals surface area (Å²) in [6.07, 6.45) is -0.524. The first-order valence-electron chi connectivity index (χ1n) is 7.18. The number of rotatable bonds is 4. The molecule has 1 aromatic rings. The zero-order valence-electron chi connectivity index (χ0n) is 13.4. The number of amides is 2. The summed E-state index contributed by atoms with van der Waals surface area (Å²) >= 11 is 0. The molecule has 3 atom stereocenters. The summed E-state index contributed by atoms with van der Waals surface area (Å²) in [5, 5.41) is 21.2. The normalized spacial score (nSPS) is 23.2. The number of benzene rings is 1. The number of primary amides is 1. The smallest absolute Gasteiger partial charge is 0.543 e. The molecule has 1 aromatic carbocycles. The Labute approximate surface area is 160 Å². The van der Waals surface area contributed by atoms with Crippen molar-refractivity contribution in [3.05, 3.63) is 41.1 Å². The maximum Gasteiger partial charge on any atom is 1.00 e. The fraction of sp³-hybridized carbons (Fsp3) is 0.312. The number of nitrogens with zero attached hydrogens (tertiary/aromatic N) is 1. The minimum atomic E-state index is -1.43. The fourth-order valence-corrected chi connectivity index (χ4v) is 3.35. The number of carbonyl (C=O) groups is 3. The molecule has 7 nitrogen and oxygen atoms in total. The number of carboxylic acid groups (broad SMARTS) is 1. The van der Waals surface area contributed by atoms with E-state index in [1.807, 2.05) is 0 Å². The Balaban J connectivity index is 0.00000208. The number of carboxylic acids is 1. The number of aliphatic hydroxyl groups is 1. The van der Waals surface area contributed by atoms with Gasteiger partial charge in [0, 0.05) is 5.56 Å². The van der Waals surface area contributed by atoms with Crippen molar-refractivity contribution in [1.82, 2.24) is 4.90 Å². The van der Waals surface area contributed by atoms with Crippen LogP contribution in [0.15, 0.2) is 30.0 Å². The molecule has 0 aromatic heterocycles.